The summed E-state index contributed by atoms with van der Waals surface area (Å²) in [5, 5.41) is 18.1. The molecule has 2 saturated heterocycles. The van der Waals surface area contributed by atoms with Crippen LogP contribution in [0.1, 0.15) is 31.2 Å². The fourth-order valence-electron chi connectivity index (χ4n) is 4.84. The van der Waals surface area contributed by atoms with Gasteiger partial charge in [-0.05, 0) is 31.2 Å². The van der Waals surface area contributed by atoms with E-state index >= 15 is 0 Å². The molecule has 5 amide bonds. The molecule has 13 nitrogen and oxygen atoms in total. The van der Waals surface area contributed by atoms with Crippen molar-refractivity contribution in [2.24, 2.45) is 5.73 Å². The van der Waals surface area contributed by atoms with E-state index in [0.29, 0.717) is 32.4 Å². The second kappa shape index (κ2) is 15.1. The molecule has 7 N–H and O–H groups in total. The lowest BCUT2D eigenvalue weighted by Gasteiger charge is -2.30. The quantitative estimate of drug-likeness (QED) is 0.0837. The first-order valence-electron chi connectivity index (χ1n) is 13.4. The summed E-state index contributed by atoms with van der Waals surface area (Å²) >= 11 is 4.18. The van der Waals surface area contributed by atoms with Crippen molar-refractivity contribution < 1.29 is 24.0 Å². The van der Waals surface area contributed by atoms with Gasteiger partial charge >= 0.3 is 0 Å². The van der Waals surface area contributed by atoms with Crippen molar-refractivity contribution in [3.63, 3.8) is 0 Å². The highest BCUT2D eigenvalue weighted by molar-refractivity contribution is 7.80. The second-order valence-corrected chi connectivity index (χ2v) is 10.2. The van der Waals surface area contributed by atoms with Crippen LogP contribution in [0.25, 0.3) is 0 Å². The average Bonchev–Trinajstić information content (AvgIpc) is 3.42. The Balaban J connectivity index is 1.89. The van der Waals surface area contributed by atoms with E-state index in [9.17, 15) is 24.0 Å². The van der Waals surface area contributed by atoms with Gasteiger partial charge in [0, 0.05) is 31.8 Å². The number of carbonyl (C=O) groups is 5. The van der Waals surface area contributed by atoms with Crippen molar-refractivity contribution >= 4 is 48.1 Å². The fourth-order valence-corrected chi connectivity index (χ4v) is 5.08. The van der Waals surface area contributed by atoms with Gasteiger partial charge in [-0.3, -0.25) is 29.4 Å². The van der Waals surface area contributed by atoms with Crippen LogP contribution in [0.3, 0.4) is 0 Å². The van der Waals surface area contributed by atoms with Crippen LogP contribution in [0, 0.1) is 5.41 Å². The lowest BCUT2D eigenvalue weighted by Crippen LogP contribution is -2.56. The van der Waals surface area contributed by atoms with Gasteiger partial charge in [-0.15, -0.1) is 0 Å². The van der Waals surface area contributed by atoms with Gasteiger partial charge in [-0.2, -0.15) is 12.6 Å². The zero-order chi connectivity index (χ0) is 29.1. The van der Waals surface area contributed by atoms with E-state index in [4.69, 9.17) is 11.1 Å². The average molecular weight is 575 g/mol. The third-order valence-corrected chi connectivity index (χ3v) is 7.04. The highest BCUT2D eigenvalue weighted by Gasteiger charge is 2.39. The topological polar surface area (TPSA) is 190 Å². The Morgan fingerprint density at radius 1 is 1.07 bits per heavy atom. The molecule has 40 heavy (non-hydrogen) atoms. The van der Waals surface area contributed by atoms with E-state index in [1.807, 2.05) is 30.3 Å². The van der Waals surface area contributed by atoms with Crippen molar-refractivity contribution in [1.29, 1.82) is 5.41 Å². The standard InChI is InChI=1S/C26H38N8O5S/c27-26(28)29-10-4-8-18-25(39)34-11-5-9-20(34)24(38)32-19(14-17-6-2-1-3-7-17)23(37)30-15-22(36)33(12-13-40)16-21(35)31-18/h1-3,6-7,18-20,40H,4-5,8-16H2,(H,30,37)(H,31,35)(H,32,38)(H4,27,28,29)/t18-,19-,20-/m1/s1. The van der Waals surface area contributed by atoms with E-state index in [2.05, 4.69) is 33.9 Å². The predicted molar refractivity (Wildman–Crippen MR) is 151 cm³/mol. The van der Waals surface area contributed by atoms with Crippen LogP contribution in [-0.2, 0) is 30.4 Å². The Hall–Kier alpha value is -3.81. The number of carbonyl (C=O) groups excluding carboxylic acids is 5. The molecule has 1 aromatic rings. The van der Waals surface area contributed by atoms with Gasteiger partial charge in [0.2, 0.25) is 29.5 Å². The number of guanidine groups is 1. The second-order valence-electron chi connectivity index (χ2n) is 9.80. The lowest BCUT2D eigenvalue weighted by atomic mass is 10.0. The number of nitrogens with one attached hydrogen (secondary N) is 5. The van der Waals surface area contributed by atoms with Crippen LogP contribution >= 0.6 is 12.6 Å². The minimum Gasteiger partial charge on any atom is -0.370 e. The molecular weight excluding hydrogens is 536 g/mol. The first-order valence-corrected chi connectivity index (χ1v) is 14.0. The van der Waals surface area contributed by atoms with Crippen molar-refractivity contribution in [2.75, 3.05) is 38.5 Å². The molecule has 14 heteroatoms. The summed E-state index contributed by atoms with van der Waals surface area (Å²) in [4.78, 5) is 68.9. The van der Waals surface area contributed by atoms with Crippen molar-refractivity contribution in [3.8, 4) is 0 Å². The highest BCUT2D eigenvalue weighted by Crippen LogP contribution is 2.20. The molecule has 2 aliphatic rings. The summed E-state index contributed by atoms with van der Waals surface area (Å²) in [5.74, 6) is -2.38. The van der Waals surface area contributed by atoms with Crippen molar-refractivity contribution in [1.82, 2.24) is 31.1 Å². The molecule has 2 aliphatic heterocycles. The van der Waals surface area contributed by atoms with Gasteiger partial charge in [-0.25, -0.2) is 0 Å². The Morgan fingerprint density at radius 2 is 1.82 bits per heavy atom. The maximum Gasteiger partial charge on any atom is 0.245 e. The van der Waals surface area contributed by atoms with Gasteiger partial charge in [-0.1, -0.05) is 30.3 Å². The molecule has 3 rings (SSSR count). The molecule has 2 fully saturated rings. The number of fused-ring (bicyclic) bond motifs is 1. The smallest absolute Gasteiger partial charge is 0.245 e. The van der Waals surface area contributed by atoms with Gasteiger partial charge < -0.3 is 36.8 Å². The van der Waals surface area contributed by atoms with Crippen LogP contribution in [0.15, 0.2) is 30.3 Å². The van der Waals surface area contributed by atoms with Crippen molar-refractivity contribution in [2.45, 2.75) is 50.2 Å². The predicted octanol–water partition coefficient (Wildman–Crippen LogP) is -1.66. The monoisotopic (exact) mass is 574 g/mol. The van der Waals surface area contributed by atoms with E-state index in [1.54, 1.807) is 0 Å². The van der Waals surface area contributed by atoms with Gasteiger partial charge in [0.25, 0.3) is 0 Å². The summed E-state index contributed by atoms with van der Waals surface area (Å²) in [6.45, 7) is 0.117. The number of nitrogens with zero attached hydrogens (tertiary/aromatic N) is 2. The van der Waals surface area contributed by atoms with E-state index in [-0.39, 0.29) is 44.2 Å². The van der Waals surface area contributed by atoms with Crippen LogP contribution in [0.5, 0.6) is 0 Å². The van der Waals surface area contributed by atoms with Crippen LogP contribution in [-0.4, -0.2) is 102 Å². The summed E-state index contributed by atoms with van der Waals surface area (Å²) in [6.07, 6.45) is 1.85. The third-order valence-electron chi connectivity index (χ3n) is 6.84. The Morgan fingerprint density at radius 3 is 2.52 bits per heavy atom. The third kappa shape index (κ3) is 8.86. The largest absolute Gasteiger partial charge is 0.370 e. The number of amides is 5. The SMILES string of the molecule is N=C(N)NCCC[C@H]1NC(=O)CN(CCS)C(=O)CNC(=O)[C@@H](Cc2ccccc2)NC(=O)[C@H]2CCCN2C1=O. The molecule has 3 atom stereocenters. The molecule has 2 heterocycles. The molecule has 0 spiro atoms. The molecule has 0 aromatic heterocycles. The maximum atomic E-state index is 13.7. The molecule has 0 radical (unpaired) electrons. The number of rotatable bonds is 8. The van der Waals surface area contributed by atoms with Crippen LogP contribution in [0.2, 0.25) is 0 Å². The molecule has 0 aliphatic carbocycles. The first-order chi connectivity index (χ1) is 19.2. The van der Waals surface area contributed by atoms with Gasteiger partial charge in [0.05, 0.1) is 13.1 Å². The summed E-state index contributed by atoms with van der Waals surface area (Å²) in [7, 11) is 0. The minimum absolute atomic E-state index is 0.157. The number of benzene rings is 1. The minimum atomic E-state index is -0.975. The Labute approximate surface area is 238 Å². The first kappa shape index (κ1) is 30.7. The summed E-state index contributed by atoms with van der Waals surface area (Å²) in [6, 6.07) is 6.44. The molecular formula is C26H38N8O5S. The normalized spacial score (nSPS) is 22.9. The molecule has 0 bridgehead atoms. The van der Waals surface area contributed by atoms with Gasteiger partial charge in [0.15, 0.2) is 5.96 Å². The number of thiol groups is 1. The zero-order valence-electron chi connectivity index (χ0n) is 22.4. The number of nitrogens with two attached hydrogens (primary N) is 1. The van der Waals surface area contributed by atoms with Gasteiger partial charge in [0.1, 0.15) is 18.1 Å². The van der Waals surface area contributed by atoms with E-state index in [1.165, 1.54) is 9.80 Å². The molecule has 0 unspecified atom stereocenters. The molecule has 1 aromatic carbocycles. The Kier molecular flexibility index (Phi) is 11.6. The molecule has 218 valence electrons. The lowest BCUT2D eigenvalue weighted by molar-refractivity contribution is -0.142. The van der Waals surface area contributed by atoms with Crippen LogP contribution in [0.4, 0.5) is 0 Å². The highest BCUT2D eigenvalue weighted by atomic mass is 32.1. The zero-order valence-corrected chi connectivity index (χ0v) is 23.3. The molecule has 0 saturated carbocycles. The fraction of sp³-hybridized carbons (Fsp3) is 0.538. The number of hydrogen-bond donors (Lipinski definition) is 7. The van der Waals surface area contributed by atoms with Crippen molar-refractivity contribution in [3.05, 3.63) is 35.9 Å². The maximum absolute atomic E-state index is 13.7. The van der Waals surface area contributed by atoms with E-state index in [0.717, 1.165) is 5.56 Å². The van der Waals surface area contributed by atoms with Crippen LogP contribution < -0.4 is 27.0 Å². The summed E-state index contributed by atoms with van der Waals surface area (Å²) < 4.78 is 0. The summed E-state index contributed by atoms with van der Waals surface area (Å²) in [5.41, 5.74) is 6.16. The van der Waals surface area contributed by atoms with E-state index < -0.39 is 47.7 Å². The Bertz CT molecular complexity index is 1090. The number of hydrogen-bond acceptors (Lipinski definition) is 7.